The summed E-state index contributed by atoms with van der Waals surface area (Å²) in [5.74, 6) is -0.822. The molecule has 44 heavy (non-hydrogen) atoms. The Balaban J connectivity index is 4.23. The first-order valence-corrected chi connectivity index (χ1v) is 19.5. The summed E-state index contributed by atoms with van der Waals surface area (Å²) in [7, 11) is -4.36. The SMILES string of the molecule is CCCCCCCCCCCCCCC(=O)OC(COC(=O)CCCCCCCCCCCCC)COP(=O)(O)OCCN. The second kappa shape index (κ2) is 32.0. The highest BCUT2D eigenvalue weighted by molar-refractivity contribution is 7.47. The zero-order chi connectivity index (χ0) is 32.6. The van der Waals surface area contributed by atoms with E-state index in [1.807, 2.05) is 0 Å². The van der Waals surface area contributed by atoms with Crippen molar-refractivity contribution in [1.29, 1.82) is 0 Å². The molecule has 0 aliphatic carbocycles. The van der Waals surface area contributed by atoms with E-state index in [0.29, 0.717) is 6.42 Å². The maximum atomic E-state index is 12.5. The molecule has 0 radical (unpaired) electrons. The van der Waals surface area contributed by atoms with Crippen LogP contribution in [0.4, 0.5) is 0 Å². The van der Waals surface area contributed by atoms with Crippen LogP contribution in [0.1, 0.15) is 174 Å². The summed E-state index contributed by atoms with van der Waals surface area (Å²) in [4.78, 5) is 34.6. The van der Waals surface area contributed by atoms with E-state index in [9.17, 15) is 19.0 Å². The number of carbonyl (C=O) groups is 2. The normalized spacial score (nSPS) is 13.5. The molecule has 0 saturated carbocycles. The molecule has 0 aliphatic heterocycles. The molecule has 0 fully saturated rings. The third-order valence-electron chi connectivity index (χ3n) is 7.74. The first kappa shape index (κ1) is 43.0. The van der Waals surface area contributed by atoms with Gasteiger partial charge in [0, 0.05) is 19.4 Å². The van der Waals surface area contributed by atoms with Gasteiger partial charge in [-0.3, -0.25) is 18.6 Å². The van der Waals surface area contributed by atoms with Crippen LogP contribution >= 0.6 is 7.82 Å². The first-order valence-electron chi connectivity index (χ1n) is 18.0. The molecule has 0 aromatic heterocycles. The molecular formula is C34H68NO8P. The largest absolute Gasteiger partial charge is 0.472 e. The highest BCUT2D eigenvalue weighted by Gasteiger charge is 2.25. The second-order valence-electron chi connectivity index (χ2n) is 12.1. The number of hydrogen-bond donors (Lipinski definition) is 2. The van der Waals surface area contributed by atoms with Crippen LogP contribution in [0, 0.1) is 0 Å². The minimum Gasteiger partial charge on any atom is -0.462 e. The smallest absolute Gasteiger partial charge is 0.462 e. The number of hydrogen-bond acceptors (Lipinski definition) is 8. The third-order valence-corrected chi connectivity index (χ3v) is 8.73. The molecule has 0 aromatic carbocycles. The van der Waals surface area contributed by atoms with Crippen LogP contribution in [0.25, 0.3) is 0 Å². The Labute approximate surface area is 269 Å². The van der Waals surface area contributed by atoms with Crippen LogP contribution in [0.15, 0.2) is 0 Å². The van der Waals surface area contributed by atoms with E-state index in [1.54, 1.807) is 0 Å². The van der Waals surface area contributed by atoms with E-state index in [2.05, 4.69) is 13.8 Å². The molecule has 10 heteroatoms. The molecular weight excluding hydrogens is 581 g/mol. The molecule has 0 rings (SSSR count). The van der Waals surface area contributed by atoms with Gasteiger partial charge in [-0.25, -0.2) is 4.57 Å². The van der Waals surface area contributed by atoms with Gasteiger partial charge < -0.3 is 20.1 Å². The van der Waals surface area contributed by atoms with E-state index < -0.39 is 26.5 Å². The van der Waals surface area contributed by atoms with E-state index in [4.69, 9.17) is 24.3 Å². The average molecular weight is 650 g/mol. The molecule has 2 unspecified atom stereocenters. The number of rotatable bonds is 34. The number of esters is 2. The van der Waals surface area contributed by atoms with Gasteiger partial charge in [-0.15, -0.1) is 0 Å². The van der Waals surface area contributed by atoms with Gasteiger partial charge in [0.2, 0.25) is 0 Å². The van der Waals surface area contributed by atoms with Crippen LogP contribution in [0.2, 0.25) is 0 Å². The lowest BCUT2D eigenvalue weighted by molar-refractivity contribution is -0.161. The van der Waals surface area contributed by atoms with Crippen LogP contribution in [0.3, 0.4) is 0 Å². The Morgan fingerprint density at radius 3 is 1.39 bits per heavy atom. The van der Waals surface area contributed by atoms with Gasteiger partial charge in [0.05, 0.1) is 13.2 Å². The summed E-state index contributed by atoms with van der Waals surface area (Å²) < 4.78 is 32.6. The van der Waals surface area contributed by atoms with Crippen LogP contribution in [-0.2, 0) is 32.7 Å². The van der Waals surface area contributed by atoms with Gasteiger partial charge in [-0.2, -0.15) is 0 Å². The van der Waals surface area contributed by atoms with Crippen molar-refractivity contribution in [3.05, 3.63) is 0 Å². The summed E-state index contributed by atoms with van der Waals surface area (Å²) in [6.45, 7) is 3.72. The fourth-order valence-electron chi connectivity index (χ4n) is 5.05. The molecule has 0 saturated heterocycles. The second-order valence-corrected chi connectivity index (χ2v) is 13.6. The van der Waals surface area contributed by atoms with Gasteiger partial charge in [-0.05, 0) is 12.8 Å². The van der Waals surface area contributed by atoms with Crippen molar-refractivity contribution in [2.45, 2.75) is 180 Å². The fourth-order valence-corrected chi connectivity index (χ4v) is 5.81. The van der Waals surface area contributed by atoms with Gasteiger partial charge >= 0.3 is 19.8 Å². The van der Waals surface area contributed by atoms with E-state index >= 15 is 0 Å². The zero-order valence-electron chi connectivity index (χ0n) is 28.4. The highest BCUT2D eigenvalue weighted by atomic mass is 31.2. The molecule has 0 aromatic rings. The minimum absolute atomic E-state index is 0.0576. The molecule has 0 amide bonds. The van der Waals surface area contributed by atoms with Crippen LogP contribution in [0.5, 0.6) is 0 Å². The Hall–Kier alpha value is -0.990. The summed E-state index contributed by atoms with van der Waals surface area (Å²) in [6.07, 6.45) is 27.0. The standard InChI is InChI=1S/C34H68NO8P/c1-3-5-7-9-11-13-15-17-19-21-23-25-27-34(37)43-32(31-42-44(38,39)41-29-28-35)30-40-33(36)26-24-22-20-18-16-14-12-10-8-6-4-2/h32H,3-31,35H2,1-2H3,(H,38,39). The van der Waals surface area contributed by atoms with Crippen molar-refractivity contribution in [2.24, 2.45) is 5.73 Å². The van der Waals surface area contributed by atoms with Crippen molar-refractivity contribution in [3.63, 3.8) is 0 Å². The molecule has 0 spiro atoms. The van der Waals surface area contributed by atoms with Crippen molar-refractivity contribution >= 4 is 19.8 Å². The van der Waals surface area contributed by atoms with Gasteiger partial charge in [-0.1, -0.05) is 149 Å². The predicted octanol–water partition coefficient (Wildman–Crippen LogP) is 9.33. The zero-order valence-corrected chi connectivity index (χ0v) is 29.3. The van der Waals surface area contributed by atoms with Crippen molar-refractivity contribution in [2.75, 3.05) is 26.4 Å². The number of nitrogens with two attached hydrogens (primary N) is 1. The number of ether oxygens (including phenoxy) is 2. The third kappa shape index (κ3) is 31.0. The number of unbranched alkanes of at least 4 members (excludes halogenated alkanes) is 21. The lowest BCUT2D eigenvalue weighted by Gasteiger charge is -2.19. The predicted molar refractivity (Wildman–Crippen MR) is 178 cm³/mol. The quantitative estimate of drug-likeness (QED) is 0.0397. The lowest BCUT2D eigenvalue weighted by Crippen LogP contribution is -2.29. The summed E-state index contributed by atoms with van der Waals surface area (Å²) in [5, 5.41) is 0. The minimum atomic E-state index is -4.36. The summed E-state index contributed by atoms with van der Waals surface area (Å²) in [6, 6.07) is 0. The lowest BCUT2D eigenvalue weighted by atomic mass is 10.0. The van der Waals surface area contributed by atoms with Crippen molar-refractivity contribution in [3.8, 4) is 0 Å². The number of carbonyl (C=O) groups excluding carboxylic acids is 2. The van der Waals surface area contributed by atoms with Crippen molar-refractivity contribution < 1.29 is 37.6 Å². The molecule has 0 aliphatic rings. The molecule has 0 heterocycles. The Bertz CT molecular complexity index is 709. The fraction of sp³-hybridized carbons (Fsp3) is 0.941. The average Bonchev–Trinajstić information content (AvgIpc) is 3.00. The monoisotopic (exact) mass is 649 g/mol. The van der Waals surface area contributed by atoms with Gasteiger partial charge in [0.15, 0.2) is 6.10 Å². The maximum absolute atomic E-state index is 12.5. The molecule has 9 nitrogen and oxygen atoms in total. The van der Waals surface area contributed by atoms with Crippen LogP contribution in [-0.4, -0.2) is 49.3 Å². The summed E-state index contributed by atoms with van der Waals surface area (Å²) in [5.41, 5.74) is 5.32. The highest BCUT2D eigenvalue weighted by Crippen LogP contribution is 2.43. The Morgan fingerprint density at radius 1 is 0.591 bits per heavy atom. The Morgan fingerprint density at radius 2 is 0.977 bits per heavy atom. The van der Waals surface area contributed by atoms with E-state index in [0.717, 1.165) is 32.1 Å². The van der Waals surface area contributed by atoms with Gasteiger partial charge in [0.1, 0.15) is 6.61 Å². The summed E-state index contributed by atoms with van der Waals surface area (Å²) >= 11 is 0. The van der Waals surface area contributed by atoms with Crippen LogP contribution < -0.4 is 5.73 Å². The van der Waals surface area contributed by atoms with E-state index in [-0.39, 0.29) is 38.6 Å². The number of phosphoric acid groups is 1. The molecule has 2 atom stereocenters. The molecule has 262 valence electrons. The van der Waals surface area contributed by atoms with E-state index in [1.165, 1.54) is 109 Å². The molecule has 0 bridgehead atoms. The molecule has 3 N–H and O–H groups in total. The Kier molecular flexibility index (Phi) is 31.3. The topological polar surface area (TPSA) is 134 Å². The maximum Gasteiger partial charge on any atom is 0.472 e. The van der Waals surface area contributed by atoms with Crippen molar-refractivity contribution in [1.82, 2.24) is 0 Å². The first-order chi connectivity index (χ1) is 21.3. The number of phosphoric ester groups is 1. The van der Waals surface area contributed by atoms with Gasteiger partial charge in [0.25, 0.3) is 0 Å².